The van der Waals surface area contributed by atoms with Crippen molar-refractivity contribution in [3.8, 4) is 0 Å². The third-order valence-corrected chi connectivity index (χ3v) is 5.32. The van der Waals surface area contributed by atoms with Crippen molar-refractivity contribution in [1.82, 2.24) is 35.2 Å². The van der Waals surface area contributed by atoms with Crippen LogP contribution in [0.1, 0.15) is 40.5 Å². The third-order valence-electron chi connectivity index (χ3n) is 5.32. The molecule has 0 fully saturated rings. The number of pyridine rings is 1. The molecule has 0 bridgehead atoms. The molecule has 4 rings (SSSR count). The SMILES string of the molecule is CC1=C(c2cnc(NC(=O)c3cncc(C)c3C)cn2)CN(c2nnn(C)n2)CC1. The van der Waals surface area contributed by atoms with Crippen LogP contribution in [-0.4, -0.2) is 54.2 Å². The zero-order chi connectivity index (χ0) is 21.3. The lowest BCUT2D eigenvalue weighted by Crippen LogP contribution is -2.32. The summed E-state index contributed by atoms with van der Waals surface area (Å²) in [4.78, 5) is 29.1. The van der Waals surface area contributed by atoms with Gasteiger partial charge in [0.25, 0.3) is 11.9 Å². The number of nitrogens with zero attached hydrogens (tertiary/aromatic N) is 8. The van der Waals surface area contributed by atoms with Crippen molar-refractivity contribution in [2.45, 2.75) is 27.2 Å². The number of hydrogen-bond donors (Lipinski definition) is 1. The topological polar surface area (TPSA) is 115 Å². The quantitative estimate of drug-likeness (QED) is 0.700. The van der Waals surface area contributed by atoms with Gasteiger partial charge in [0.1, 0.15) is 0 Å². The molecule has 154 valence electrons. The molecule has 1 aliphatic heterocycles. The number of carbonyl (C=O) groups excluding carboxylic acids is 1. The van der Waals surface area contributed by atoms with Gasteiger partial charge >= 0.3 is 0 Å². The van der Waals surface area contributed by atoms with Gasteiger partial charge in [0, 0.05) is 25.5 Å². The van der Waals surface area contributed by atoms with Crippen LogP contribution in [0.25, 0.3) is 5.57 Å². The van der Waals surface area contributed by atoms with E-state index in [4.69, 9.17) is 0 Å². The molecule has 0 unspecified atom stereocenters. The summed E-state index contributed by atoms with van der Waals surface area (Å²) in [6.07, 6.45) is 7.44. The first-order valence-corrected chi connectivity index (χ1v) is 9.65. The summed E-state index contributed by atoms with van der Waals surface area (Å²) < 4.78 is 0. The van der Waals surface area contributed by atoms with E-state index in [0.29, 0.717) is 23.9 Å². The number of carbonyl (C=O) groups is 1. The van der Waals surface area contributed by atoms with E-state index in [1.54, 1.807) is 31.8 Å². The lowest BCUT2D eigenvalue weighted by Gasteiger charge is -2.28. The number of aromatic nitrogens is 7. The van der Waals surface area contributed by atoms with Crippen molar-refractivity contribution >= 4 is 23.2 Å². The lowest BCUT2D eigenvalue weighted by molar-refractivity contribution is 0.102. The molecular formula is C20H23N9O. The highest BCUT2D eigenvalue weighted by Gasteiger charge is 2.22. The fourth-order valence-electron chi connectivity index (χ4n) is 3.32. The maximum Gasteiger partial charge on any atom is 0.266 e. The van der Waals surface area contributed by atoms with E-state index < -0.39 is 0 Å². The van der Waals surface area contributed by atoms with Crippen molar-refractivity contribution in [3.05, 3.63) is 52.7 Å². The third kappa shape index (κ3) is 3.88. The number of amides is 1. The molecule has 10 nitrogen and oxygen atoms in total. The highest BCUT2D eigenvalue weighted by molar-refractivity contribution is 6.04. The normalized spacial score (nSPS) is 14.2. The van der Waals surface area contributed by atoms with Gasteiger partial charge in [-0.05, 0) is 49.1 Å². The molecule has 1 aliphatic rings. The minimum atomic E-state index is -0.251. The molecule has 10 heteroatoms. The molecule has 30 heavy (non-hydrogen) atoms. The average molecular weight is 405 g/mol. The average Bonchev–Trinajstić information content (AvgIpc) is 3.17. The second-order valence-corrected chi connectivity index (χ2v) is 7.38. The standard InChI is InChI=1S/C20H23N9O/c1-12-5-6-29(20-25-27-28(4)26-20)11-16(12)17-9-23-18(10-22-17)24-19(30)15-8-21-7-13(2)14(15)3/h7-10H,5-6,11H2,1-4H3,(H,23,24,30). The molecule has 0 radical (unpaired) electrons. The highest BCUT2D eigenvalue weighted by atomic mass is 16.1. The summed E-state index contributed by atoms with van der Waals surface area (Å²) in [5, 5.41) is 15.1. The number of nitrogens with one attached hydrogen (secondary N) is 1. The van der Waals surface area contributed by atoms with Crippen LogP contribution < -0.4 is 10.2 Å². The van der Waals surface area contributed by atoms with Crippen LogP contribution in [-0.2, 0) is 7.05 Å². The maximum atomic E-state index is 12.6. The summed E-state index contributed by atoms with van der Waals surface area (Å²) in [5.74, 6) is 0.742. The number of hydrogen-bond acceptors (Lipinski definition) is 8. The Bertz CT molecular complexity index is 1120. The van der Waals surface area contributed by atoms with Gasteiger partial charge in [0.05, 0.1) is 30.7 Å². The minimum absolute atomic E-state index is 0.251. The Kier molecular flexibility index (Phi) is 5.21. The fourth-order valence-corrected chi connectivity index (χ4v) is 3.32. The predicted molar refractivity (Wildman–Crippen MR) is 112 cm³/mol. The van der Waals surface area contributed by atoms with E-state index in [2.05, 4.69) is 47.5 Å². The van der Waals surface area contributed by atoms with Gasteiger partial charge in [-0.1, -0.05) is 10.7 Å². The zero-order valence-corrected chi connectivity index (χ0v) is 17.4. The molecule has 1 N–H and O–H groups in total. The van der Waals surface area contributed by atoms with Crippen molar-refractivity contribution < 1.29 is 4.79 Å². The predicted octanol–water partition coefficient (Wildman–Crippen LogP) is 1.95. The second-order valence-electron chi connectivity index (χ2n) is 7.38. The molecule has 0 saturated heterocycles. The number of aryl methyl sites for hydroxylation is 2. The monoisotopic (exact) mass is 405 g/mol. The van der Waals surface area contributed by atoms with Crippen molar-refractivity contribution in [2.24, 2.45) is 7.05 Å². The molecule has 0 aliphatic carbocycles. The van der Waals surface area contributed by atoms with Crippen LogP contribution in [0, 0.1) is 13.8 Å². The first kappa shape index (κ1) is 19.6. The molecule has 0 saturated carbocycles. The Labute approximate surface area is 174 Å². The van der Waals surface area contributed by atoms with Crippen LogP contribution >= 0.6 is 0 Å². The van der Waals surface area contributed by atoms with E-state index in [0.717, 1.165) is 35.4 Å². The molecule has 3 aromatic heterocycles. The fraction of sp³-hybridized carbons (Fsp3) is 0.350. The molecule has 3 aromatic rings. The van der Waals surface area contributed by atoms with Crippen molar-refractivity contribution in [3.63, 3.8) is 0 Å². The summed E-state index contributed by atoms with van der Waals surface area (Å²) in [7, 11) is 1.75. The van der Waals surface area contributed by atoms with Crippen molar-refractivity contribution in [1.29, 1.82) is 0 Å². The Balaban J connectivity index is 1.50. The summed E-state index contributed by atoms with van der Waals surface area (Å²) in [6, 6.07) is 0. The second kappa shape index (κ2) is 7.97. The minimum Gasteiger partial charge on any atom is -0.333 e. The highest BCUT2D eigenvalue weighted by Crippen LogP contribution is 2.27. The van der Waals surface area contributed by atoms with Gasteiger partial charge < -0.3 is 10.2 Å². The molecule has 0 aromatic carbocycles. The van der Waals surface area contributed by atoms with E-state index >= 15 is 0 Å². The Hall–Kier alpha value is -3.69. The molecule has 4 heterocycles. The Morgan fingerprint density at radius 2 is 1.93 bits per heavy atom. The van der Waals surface area contributed by atoms with Crippen LogP contribution in [0.5, 0.6) is 0 Å². The maximum absolute atomic E-state index is 12.6. The largest absolute Gasteiger partial charge is 0.333 e. The first-order chi connectivity index (χ1) is 14.4. The van der Waals surface area contributed by atoms with Crippen LogP contribution in [0.2, 0.25) is 0 Å². The van der Waals surface area contributed by atoms with Gasteiger partial charge in [-0.15, -0.1) is 5.10 Å². The van der Waals surface area contributed by atoms with Gasteiger partial charge in [0.15, 0.2) is 5.82 Å². The summed E-state index contributed by atoms with van der Waals surface area (Å²) >= 11 is 0. The zero-order valence-electron chi connectivity index (χ0n) is 17.4. The van der Waals surface area contributed by atoms with E-state index in [9.17, 15) is 4.79 Å². The number of tetrazole rings is 1. The molecule has 0 atom stereocenters. The summed E-state index contributed by atoms with van der Waals surface area (Å²) in [6.45, 7) is 7.38. The smallest absolute Gasteiger partial charge is 0.266 e. The molecule has 0 spiro atoms. The van der Waals surface area contributed by atoms with Gasteiger partial charge in [-0.2, -0.15) is 4.80 Å². The lowest BCUT2D eigenvalue weighted by atomic mass is 9.99. The van der Waals surface area contributed by atoms with Crippen LogP contribution in [0.4, 0.5) is 11.8 Å². The van der Waals surface area contributed by atoms with Gasteiger partial charge in [-0.3, -0.25) is 14.8 Å². The molecular weight excluding hydrogens is 382 g/mol. The van der Waals surface area contributed by atoms with Crippen LogP contribution in [0.3, 0.4) is 0 Å². The number of anilines is 2. The van der Waals surface area contributed by atoms with Crippen molar-refractivity contribution in [2.75, 3.05) is 23.3 Å². The molecule has 1 amide bonds. The van der Waals surface area contributed by atoms with E-state index in [-0.39, 0.29) is 5.91 Å². The number of rotatable bonds is 4. The van der Waals surface area contributed by atoms with Crippen LogP contribution in [0.15, 0.2) is 30.4 Å². The van der Waals surface area contributed by atoms with E-state index in [1.165, 1.54) is 10.4 Å². The Morgan fingerprint density at radius 1 is 1.10 bits per heavy atom. The van der Waals surface area contributed by atoms with Gasteiger partial charge in [-0.25, -0.2) is 4.98 Å². The summed E-state index contributed by atoms with van der Waals surface area (Å²) in [5.41, 5.74) is 5.49. The van der Waals surface area contributed by atoms with Gasteiger partial charge in [0.2, 0.25) is 0 Å². The first-order valence-electron chi connectivity index (χ1n) is 9.65. The van der Waals surface area contributed by atoms with E-state index in [1.807, 2.05) is 13.8 Å². The Morgan fingerprint density at radius 3 is 2.63 bits per heavy atom.